The molecule has 63 valence electrons. The average molecular weight is 151 g/mol. The molecule has 0 atom stereocenters. The van der Waals surface area contributed by atoms with Crippen molar-refractivity contribution in [1.82, 2.24) is 0 Å². The minimum Gasteiger partial charge on any atom is -0.0882 e. The Morgan fingerprint density at radius 2 is 1.91 bits per heavy atom. The van der Waals surface area contributed by atoms with E-state index in [1.807, 2.05) is 0 Å². The first kappa shape index (κ1) is 10.5. The Balaban J connectivity index is 2.94. The van der Waals surface area contributed by atoms with Crippen LogP contribution in [-0.2, 0) is 0 Å². The first-order valence-electron chi connectivity index (χ1n) is 4.60. The minimum atomic E-state index is 0.910. The van der Waals surface area contributed by atoms with Crippen molar-refractivity contribution < 1.29 is 0 Å². The molecule has 0 bridgehead atoms. The fraction of sp³-hybridized carbons (Fsp3) is 0.636. The molecule has 0 saturated heterocycles. The Morgan fingerprint density at radius 1 is 1.09 bits per heavy atom. The van der Waals surface area contributed by atoms with Crippen molar-refractivity contribution in [3.05, 3.63) is 24.8 Å². The van der Waals surface area contributed by atoms with Crippen molar-refractivity contribution in [1.29, 1.82) is 0 Å². The van der Waals surface area contributed by atoms with Gasteiger partial charge in [-0.2, -0.15) is 0 Å². The molecule has 0 rings (SSSR count). The lowest BCUT2D eigenvalue weighted by atomic mass is 10.1. The van der Waals surface area contributed by atoms with Crippen molar-refractivity contribution in [2.75, 3.05) is 0 Å². The van der Waals surface area contributed by atoms with E-state index in [9.17, 15) is 0 Å². The zero-order chi connectivity index (χ0) is 8.36. The highest BCUT2D eigenvalue weighted by Crippen LogP contribution is 2.02. The van der Waals surface area contributed by atoms with Gasteiger partial charge in [-0.3, -0.25) is 0 Å². The molecule has 0 unspecified atom stereocenters. The molecule has 0 spiro atoms. The van der Waals surface area contributed by atoms with E-state index in [0.717, 1.165) is 6.42 Å². The van der Waals surface area contributed by atoms with Crippen LogP contribution in [0.15, 0.2) is 18.2 Å². The third kappa shape index (κ3) is 9.48. The monoisotopic (exact) mass is 151 g/mol. The fourth-order valence-electron chi connectivity index (χ4n) is 0.982. The minimum absolute atomic E-state index is 0.910. The van der Waals surface area contributed by atoms with Gasteiger partial charge in [0, 0.05) is 0 Å². The molecular formula is C11H19. The molecule has 1 radical (unpaired) electrons. The Kier molecular flexibility index (Phi) is 9.03. The van der Waals surface area contributed by atoms with Crippen LogP contribution < -0.4 is 0 Å². The van der Waals surface area contributed by atoms with Crippen molar-refractivity contribution in [2.24, 2.45) is 0 Å². The summed E-state index contributed by atoms with van der Waals surface area (Å²) in [6.45, 7) is 7.45. The molecule has 0 heteroatoms. The van der Waals surface area contributed by atoms with Crippen molar-refractivity contribution in [2.45, 2.75) is 45.4 Å². The molecule has 0 aromatic heterocycles. The van der Waals surface area contributed by atoms with E-state index in [1.54, 1.807) is 6.08 Å². The van der Waals surface area contributed by atoms with Crippen LogP contribution in [0.3, 0.4) is 0 Å². The lowest BCUT2D eigenvalue weighted by Gasteiger charge is -1.93. The summed E-state index contributed by atoms with van der Waals surface area (Å²) in [5.74, 6) is 0. The summed E-state index contributed by atoms with van der Waals surface area (Å²) in [5, 5.41) is 0. The van der Waals surface area contributed by atoms with Crippen LogP contribution in [-0.4, -0.2) is 0 Å². The zero-order valence-corrected chi connectivity index (χ0v) is 7.55. The highest BCUT2D eigenvalue weighted by molar-refractivity contribution is 4.86. The molecule has 0 saturated carbocycles. The van der Waals surface area contributed by atoms with Crippen LogP contribution in [0.25, 0.3) is 0 Å². The molecular weight excluding hydrogens is 132 g/mol. The van der Waals surface area contributed by atoms with Gasteiger partial charge in [-0.05, 0) is 19.3 Å². The summed E-state index contributed by atoms with van der Waals surface area (Å²) in [7, 11) is 0. The van der Waals surface area contributed by atoms with Crippen molar-refractivity contribution in [3.63, 3.8) is 0 Å². The zero-order valence-electron chi connectivity index (χ0n) is 7.55. The Bertz CT molecular complexity index is 101. The standard InChI is InChI=1S/C11H19/c1-3-5-7-9-11-10-8-6-4-2/h1,3,7,9H,4-6,8,10-11H2,2H3. The molecule has 0 aliphatic heterocycles. The molecule has 0 aliphatic rings. The van der Waals surface area contributed by atoms with Crippen LogP contribution in [0.2, 0.25) is 0 Å². The van der Waals surface area contributed by atoms with E-state index < -0.39 is 0 Å². The van der Waals surface area contributed by atoms with Gasteiger partial charge in [-0.25, -0.2) is 0 Å². The van der Waals surface area contributed by atoms with Gasteiger partial charge in [0.2, 0.25) is 0 Å². The third-order valence-corrected chi connectivity index (χ3v) is 1.66. The highest BCUT2D eigenvalue weighted by atomic mass is 13.9. The Hall–Kier alpha value is -0.520. The van der Waals surface area contributed by atoms with Crippen LogP contribution in [0, 0.1) is 6.58 Å². The summed E-state index contributed by atoms with van der Waals surface area (Å²) >= 11 is 0. The molecule has 0 aliphatic carbocycles. The summed E-state index contributed by atoms with van der Waals surface area (Å²) in [6, 6.07) is 0. The summed E-state index contributed by atoms with van der Waals surface area (Å²) in [6.07, 6.45) is 13.5. The number of hydrogen-bond acceptors (Lipinski definition) is 0. The van der Waals surface area contributed by atoms with Gasteiger partial charge in [0.25, 0.3) is 0 Å². The van der Waals surface area contributed by atoms with Crippen LogP contribution in [0.4, 0.5) is 0 Å². The van der Waals surface area contributed by atoms with Gasteiger partial charge in [-0.1, -0.05) is 51.0 Å². The number of rotatable bonds is 7. The maximum Gasteiger partial charge on any atom is -0.0166 e. The molecule has 0 nitrogen and oxygen atoms in total. The fourth-order valence-corrected chi connectivity index (χ4v) is 0.982. The maximum atomic E-state index is 5.21. The van der Waals surface area contributed by atoms with Gasteiger partial charge >= 0.3 is 0 Å². The van der Waals surface area contributed by atoms with Gasteiger partial charge in [0.05, 0.1) is 0 Å². The normalized spacial score (nSPS) is 10.6. The predicted octanol–water partition coefficient (Wildman–Crippen LogP) is 3.89. The quantitative estimate of drug-likeness (QED) is 0.382. The van der Waals surface area contributed by atoms with Crippen LogP contribution in [0.1, 0.15) is 45.4 Å². The van der Waals surface area contributed by atoms with Gasteiger partial charge in [-0.15, -0.1) is 0 Å². The third-order valence-electron chi connectivity index (χ3n) is 1.66. The Morgan fingerprint density at radius 3 is 2.55 bits per heavy atom. The summed E-state index contributed by atoms with van der Waals surface area (Å²) in [4.78, 5) is 0. The molecule has 0 amide bonds. The Labute approximate surface area is 71.0 Å². The molecule has 0 aromatic carbocycles. The lowest BCUT2D eigenvalue weighted by Crippen LogP contribution is -1.73. The van der Waals surface area contributed by atoms with Gasteiger partial charge < -0.3 is 0 Å². The summed E-state index contributed by atoms with van der Waals surface area (Å²) < 4.78 is 0. The van der Waals surface area contributed by atoms with E-state index in [4.69, 9.17) is 6.58 Å². The second-order valence-electron chi connectivity index (χ2n) is 2.79. The average Bonchev–Trinajstić information content (AvgIpc) is 2.03. The first-order valence-corrected chi connectivity index (χ1v) is 4.60. The molecule has 0 aromatic rings. The van der Waals surface area contributed by atoms with E-state index in [1.165, 1.54) is 32.1 Å². The van der Waals surface area contributed by atoms with Crippen molar-refractivity contribution in [3.8, 4) is 0 Å². The van der Waals surface area contributed by atoms with E-state index in [0.29, 0.717) is 0 Å². The smallest absolute Gasteiger partial charge is 0.0166 e. The highest BCUT2D eigenvalue weighted by Gasteiger charge is 1.83. The van der Waals surface area contributed by atoms with E-state index in [-0.39, 0.29) is 0 Å². The number of allylic oxidation sites excluding steroid dienone is 3. The van der Waals surface area contributed by atoms with Gasteiger partial charge in [0.1, 0.15) is 0 Å². The van der Waals surface area contributed by atoms with E-state index in [2.05, 4.69) is 19.1 Å². The number of unbranched alkanes of at least 4 members (excludes halogenated alkanes) is 4. The first-order chi connectivity index (χ1) is 5.41. The van der Waals surface area contributed by atoms with Crippen molar-refractivity contribution >= 4 is 0 Å². The van der Waals surface area contributed by atoms with Crippen LogP contribution in [0.5, 0.6) is 0 Å². The number of hydrogen-bond donors (Lipinski definition) is 0. The lowest BCUT2D eigenvalue weighted by molar-refractivity contribution is 0.674. The van der Waals surface area contributed by atoms with E-state index >= 15 is 0 Å². The molecule has 0 fully saturated rings. The van der Waals surface area contributed by atoms with Gasteiger partial charge in [0.15, 0.2) is 0 Å². The topological polar surface area (TPSA) is 0 Å². The molecule has 0 N–H and O–H groups in total. The second kappa shape index (κ2) is 9.48. The second-order valence-corrected chi connectivity index (χ2v) is 2.79. The predicted molar refractivity (Wildman–Crippen MR) is 51.4 cm³/mol. The maximum absolute atomic E-state index is 5.21. The molecule has 0 heterocycles. The largest absolute Gasteiger partial charge is 0.0882 e. The SMILES string of the molecule is [CH]=CCC=CCCCCCC. The van der Waals surface area contributed by atoms with Crippen LogP contribution >= 0.6 is 0 Å². The molecule has 11 heavy (non-hydrogen) atoms. The summed E-state index contributed by atoms with van der Waals surface area (Å²) in [5.41, 5.74) is 0.